The molecule has 0 N–H and O–H groups in total. The fourth-order valence-electron chi connectivity index (χ4n) is 5.51. The van der Waals surface area contributed by atoms with E-state index >= 15 is 0 Å². The number of rotatable bonds is 0. The quantitative estimate of drug-likeness (QED) is 0.193. The minimum atomic E-state index is 0.938. The van der Waals surface area contributed by atoms with E-state index in [0.717, 1.165) is 11.2 Å². The van der Waals surface area contributed by atoms with Crippen molar-refractivity contribution in [3.05, 3.63) is 90.6 Å². The van der Waals surface area contributed by atoms with Gasteiger partial charge in [0.2, 0.25) is 5.52 Å². The first-order chi connectivity index (χ1) is 15.2. The molecular weight excluding hydrogens is 378 g/mol. The van der Waals surface area contributed by atoms with Gasteiger partial charge in [0.05, 0.1) is 10.8 Å². The highest BCUT2D eigenvalue weighted by molar-refractivity contribution is 6.40. The van der Waals surface area contributed by atoms with Crippen LogP contribution in [0.15, 0.2) is 89.5 Å². The predicted octanol–water partition coefficient (Wildman–Crippen LogP) is 7.33. The van der Waals surface area contributed by atoms with Gasteiger partial charge in [-0.15, -0.1) is 0 Å². The molecule has 7 aromatic rings. The number of pyridine rings is 1. The summed E-state index contributed by atoms with van der Waals surface area (Å²) in [7, 11) is 2.14. The van der Waals surface area contributed by atoms with E-state index in [1.165, 1.54) is 59.6 Å². The van der Waals surface area contributed by atoms with Crippen LogP contribution < -0.4 is 4.57 Å². The van der Waals surface area contributed by atoms with Gasteiger partial charge in [-0.25, -0.2) is 4.57 Å². The van der Waals surface area contributed by atoms with E-state index in [0.29, 0.717) is 0 Å². The Balaban J connectivity index is 1.99. The van der Waals surface area contributed by atoms with E-state index < -0.39 is 0 Å². The number of nitrogens with zero attached hydrogens (tertiary/aromatic N) is 1. The molecule has 0 radical (unpaired) electrons. The van der Waals surface area contributed by atoms with Gasteiger partial charge in [-0.05, 0) is 40.8 Å². The van der Waals surface area contributed by atoms with Gasteiger partial charge in [-0.2, -0.15) is 0 Å². The number of furan rings is 1. The SMILES string of the molecule is Cc1cccc2c1c1c(ccc[n+]1C)c1c3oc4ccccc4c3c3ccccc3c21. The van der Waals surface area contributed by atoms with E-state index in [-0.39, 0.29) is 0 Å². The van der Waals surface area contributed by atoms with Crippen LogP contribution in [0.4, 0.5) is 0 Å². The highest BCUT2D eigenvalue weighted by Crippen LogP contribution is 2.46. The first-order valence-corrected chi connectivity index (χ1v) is 10.7. The number of hydrogen-bond acceptors (Lipinski definition) is 1. The summed E-state index contributed by atoms with van der Waals surface area (Å²) in [5.41, 5.74) is 4.46. The van der Waals surface area contributed by atoms with Crippen LogP contribution in [0.5, 0.6) is 0 Å². The molecule has 0 aliphatic heterocycles. The Labute approximate surface area is 178 Å². The van der Waals surface area contributed by atoms with Crippen molar-refractivity contribution in [1.82, 2.24) is 0 Å². The maximum atomic E-state index is 6.59. The van der Waals surface area contributed by atoms with Crippen molar-refractivity contribution in [1.29, 1.82) is 0 Å². The van der Waals surface area contributed by atoms with Gasteiger partial charge in [0, 0.05) is 27.6 Å². The third-order valence-electron chi connectivity index (χ3n) is 6.77. The third kappa shape index (κ3) is 2.04. The molecule has 0 fully saturated rings. The zero-order valence-electron chi connectivity index (χ0n) is 17.4. The standard InChI is InChI=1S/C29H20NO/c1-17-9-7-13-21-24(17)28-22(14-8-16-30(28)2)27-25(21)18-10-3-4-11-19(18)26-20-12-5-6-15-23(20)31-29(26)27/h3-16H,1-2H3/q+1. The maximum absolute atomic E-state index is 6.59. The average Bonchev–Trinajstić information content (AvgIpc) is 3.19. The van der Waals surface area contributed by atoms with Crippen LogP contribution in [0.1, 0.15) is 5.56 Å². The first kappa shape index (κ1) is 16.8. The number of hydrogen-bond donors (Lipinski definition) is 0. The molecule has 146 valence electrons. The molecule has 5 aromatic carbocycles. The summed E-state index contributed by atoms with van der Waals surface area (Å²) >= 11 is 0. The Kier molecular flexibility index (Phi) is 3.17. The van der Waals surface area contributed by atoms with Crippen LogP contribution in [0.25, 0.3) is 65.2 Å². The van der Waals surface area contributed by atoms with E-state index in [1.54, 1.807) is 0 Å². The summed E-state index contributed by atoms with van der Waals surface area (Å²) in [6.45, 7) is 2.21. The molecular formula is C29H20NO+. The van der Waals surface area contributed by atoms with E-state index in [2.05, 4.69) is 97.5 Å². The van der Waals surface area contributed by atoms with Crippen LogP contribution in [0, 0.1) is 6.92 Å². The topological polar surface area (TPSA) is 17.0 Å². The van der Waals surface area contributed by atoms with Crippen LogP contribution in [-0.2, 0) is 7.05 Å². The molecule has 2 heterocycles. The normalized spacial score (nSPS) is 12.2. The van der Waals surface area contributed by atoms with Gasteiger partial charge in [-0.1, -0.05) is 60.7 Å². The zero-order valence-corrected chi connectivity index (χ0v) is 17.4. The number of fused-ring (bicyclic) bond motifs is 13. The number of aromatic nitrogens is 1. The van der Waals surface area contributed by atoms with Crippen molar-refractivity contribution < 1.29 is 8.98 Å². The summed E-state index contributed by atoms with van der Waals surface area (Å²) in [6, 6.07) is 28.2. The number of benzene rings is 5. The minimum Gasteiger partial charge on any atom is -0.455 e. The number of para-hydroxylation sites is 1. The zero-order chi connectivity index (χ0) is 20.7. The summed E-state index contributed by atoms with van der Waals surface area (Å²) < 4.78 is 8.84. The maximum Gasteiger partial charge on any atom is 0.221 e. The van der Waals surface area contributed by atoms with Crippen molar-refractivity contribution in [2.75, 3.05) is 0 Å². The summed E-state index contributed by atoms with van der Waals surface area (Å²) in [6.07, 6.45) is 2.14. The Morgan fingerprint density at radius 1 is 0.581 bits per heavy atom. The Bertz CT molecular complexity index is 1860. The number of aryl methyl sites for hydroxylation is 2. The molecule has 2 nitrogen and oxygen atoms in total. The fourth-order valence-corrected chi connectivity index (χ4v) is 5.51. The third-order valence-corrected chi connectivity index (χ3v) is 6.77. The van der Waals surface area contributed by atoms with Gasteiger partial charge in [0.15, 0.2) is 6.20 Å². The summed E-state index contributed by atoms with van der Waals surface area (Å²) in [5.74, 6) is 0. The minimum absolute atomic E-state index is 0.938. The van der Waals surface area contributed by atoms with Gasteiger partial charge in [-0.3, -0.25) is 0 Å². The fraction of sp³-hybridized carbons (Fsp3) is 0.0690. The molecule has 7 rings (SSSR count). The summed E-state index contributed by atoms with van der Waals surface area (Å²) in [4.78, 5) is 0. The van der Waals surface area contributed by atoms with Crippen molar-refractivity contribution in [2.45, 2.75) is 6.92 Å². The Morgan fingerprint density at radius 3 is 2.10 bits per heavy atom. The van der Waals surface area contributed by atoms with Crippen molar-refractivity contribution in [2.24, 2.45) is 7.05 Å². The van der Waals surface area contributed by atoms with Crippen LogP contribution >= 0.6 is 0 Å². The highest BCUT2D eigenvalue weighted by Gasteiger charge is 2.23. The molecule has 2 aromatic heterocycles. The largest absolute Gasteiger partial charge is 0.455 e. The molecule has 2 heteroatoms. The van der Waals surface area contributed by atoms with Crippen molar-refractivity contribution in [3.63, 3.8) is 0 Å². The molecule has 0 aliphatic carbocycles. The predicted molar refractivity (Wildman–Crippen MR) is 130 cm³/mol. The van der Waals surface area contributed by atoms with Crippen molar-refractivity contribution >= 4 is 65.2 Å². The van der Waals surface area contributed by atoms with E-state index in [9.17, 15) is 0 Å². The molecule has 0 saturated carbocycles. The van der Waals surface area contributed by atoms with E-state index in [4.69, 9.17) is 4.42 Å². The van der Waals surface area contributed by atoms with Crippen molar-refractivity contribution in [3.8, 4) is 0 Å². The van der Waals surface area contributed by atoms with Gasteiger partial charge >= 0.3 is 0 Å². The highest BCUT2D eigenvalue weighted by atomic mass is 16.3. The lowest BCUT2D eigenvalue weighted by Crippen LogP contribution is -2.28. The Hall–Kier alpha value is -3.91. The molecule has 31 heavy (non-hydrogen) atoms. The monoisotopic (exact) mass is 398 g/mol. The molecule has 0 amide bonds. The summed E-state index contributed by atoms with van der Waals surface area (Å²) in [5, 5.41) is 11.2. The smallest absolute Gasteiger partial charge is 0.221 e. The molecule has 0 unspecified atom stereocenters. The molecule has 0 saturated heterocycles. The molecule has 0 aliphatic rings. The van der Waals surface area contributed by atoms with E-state index in [1.807, 2.05) is 6.07 Å². The van der Waals surface area contributed by atoms with Crippen LogP contribution in [-0.4, -0.2) is 0 Å². The second-order valence-corrected chi connectivity index (χ2v) is 8.48. The van der Waals surface area contributed by atoms with Gasteiger partial charge < -0.3 is 4.42 Å². The average molecular weight is 398 g/mol. The molecule has 0 spiro atoms. The van der Waals surface area contributed by atoms with Gasteiger partial charge in [0.1, 0.15) is 18.2 Å². The van der Waals surface area contributed by atoms with Crippen LogP contribution in [0.2, 0.25) is 0 Å². The first-order valence-electron chi connectivity index (χ1n) is 10.7. The molecule has 0 atom stereocenters. The lowest BCUT2D eigenvalue weighted by atomic mass is 9.89. The van der Waals surface area contributed by atoms with Crippen LogP contribution in [0.3, 0.4) is 0 Å². The second-order valence-electron chi connectivity index (χ2n) is 8.48. The lowest BCUT2D eigenvalue weighted by Gasteiger charge is -2.13. The van der Waals surface area contributed by atoms with Gasteiger partial charge in [0.25, 0.3) is 0 Å². The lowest BCUT2D eigenvalue weighted by molar-refractivity contribution is -0.644. The molecule has 0 bridgehead atoms. The second kappa shape index (κ2) is 5.83. The Morgan fingerprint density at radius 2 is 1.26 bits per heavy atom.